The minimum absolute atomic E-state index is 0.0772. The summed E-state index contributed by atoms with van der Waals surface area (Å²) in [4.78, 5) is 28.8. The third kappa shape index (κ3) is 3.91. The van der Waals surface area contributed by atoms with Crippen LogP contribution in [0.25, 0.3) is 10.8 Å². The van der Waals surface area contributed by atoms with E-state index in [0.717, 1.165) is 21.3 Å². The minimum atomic E-state index is -0.921. The summed E-state index contributed by atoms with van der Waals surface area (Å²) < 4.78 is 0. The molecule has 0 fully saturated rings. The van der Waals surface area contributed by atoms with Gasteiger partial charge in [0.2, 0.25) is 0 Å². The molecule has 1 heterocycles. The van der Waals surface area contributed by atoms with E-state index in [1.807, 2.05) is 49.4 Å². The fraction of sp³-hybridized carbons (Fsp3) is 0.250. The number of aryl methyl sites for hydroxylation is 2. The molecule has 1 unspecified atom stereocenters. The predicted octanol–water partition coefficient (Wildman–Crippen LogP) is 3.59. The van der Waals surface area contributed by atoms with E-state index in [1.165, 1.54) is 11.3 Å². The molecule has 0 saturated heterocycles. The van der Waals surface area contributed by atoms with Gasteiger partial charge in [0, 0.05) is 6.54 Å². The third-order valence-electron chi connectivity index (χ3n) is 4.31. The van der Waals surface area contributed by atoms with Gasteiger partial charge in [0.15, 0.2) is 0 Å². The number of carboxylic acid groups (broad SMARTS) is 1. The summed E-state index contributed by atoms with van der Waals surface area (Å²) in [5.74, 6) is -1.88. The van der Waals surface area contributed by atoms with Gasteiger partial charge in [-0.05, 0) is 36.6 Å². The van der Waals surface area contributed by atoms with Crippen molar-refractivity contribution in [3.8, 4) is 0 Å². The lowest BCUT2D eigenvalue weighted by Crippen LogP contribution is -2.34. The Morgan fingerprint density at radius 1 is 1.15 bits per heavy atom. The van der Waals surface area contributed by atoms with Crippen LogP contribution in [-0.4, -0.2) is 28.5 Å². The number of benzene rings is 2. The van der Waals surface area contributed by atoms with E-state index in [2.05, 4.69) is 10.3 Å². The van der Waals surface area contributed by atoms with Crippen LogP contribution >= 0.6 is 11.3 Å². The first-order valence-corrected chi connectivity index (χ1v) is 9.19. The van der Waals surface area contributed by atoms with Crippen LogP contribution in [-0.2, 0) is 11.2 Å². The zero-order chi connectivity index (χ0) is 18.7. The second kappa shape index (κ2) is 7.66. The molecule has 2 aromatic carbocycles. The summed E-state index contributed by atoms with van der Waals surface area (Å²) in [6, 6.07) is 13.8. The zero-order valence-electron chi connectivity index (χ0n) is 14.7. The van der Waals surface area contributed by atoms with Crippen LogP contribution in [0, 0.1) is 19.8 Å². The minimum Gasteiger partial charge on any atom is -0.481 e. The number of hydrogen-bond acceptors (Lipinski definition) is 4. The highest BCUT2D eigenvalue weighted by atomic mass is 32.1. The van der Waals surface area contributed by atoms with Gasteiger partial charge in [0.25, 0.3) is 5.91 Å². The van der Waals surface area contributed by atoms with E-state index in [9.17, 15) is 14.7 Å². The first-order chi connectivity index (χ1) is 12.5. The summed E-state index contributed by atoms with van der Waals surface area (Å²) in [5, 5.41) is 15.3. The number of aromatic nitrogens is 1. The van der Waals surface area contributed by atoms with Gasteiger partial charge in [-0.1, -0.05) is 42.5 Å². The number of carbonyl (C=O) groups is 2. The van der Waals surface area contributed by atoms with E-state index in [4.69, 9.17) is 0 Å². The van der Waals surface area contributed by atoms with Crippen LogP contribution in [0.2, 0.25) is 0 Å². The van der Waals surface area contributed by atoms with Crippen LogP contribution in [0.4, 0.5) is 0 Å². The molecule has 26 heavy (non-hydrogen) atoms. The first-order valence-electron chi connectivity index (χ1n) is 8.37. The Bertz CT molecular complexity index is 959. The van der Waals surface area contributed by atoms with Crippen LogP contribution in [0.5, 0.6) is 0 Å². The third-order valence-corrected chi connectivity index (χ3v) is 5.39. The van der Waals surface area contributed by atoms with Crippen molar-refractivity contribution in [1.82, 2.24) is 10.3 Å². The highest BCUT2D eigenvalue weighted by Gasteiger charge is 2.21. The van der Waals surface area contributed by atoms with Gasteiger partial charge >= 0.3 is 5.97 Å². The van der Waals surface area contributed by atoms with E-state index in [-0.39, 0.29) is 12.5 Å². The van der Waals surface area contributed by atoms with Crippen LogP contribution < -0.4 is 5.32 Å². The van der Waals surface area contributed by atoms with Gasteiger partial charge in [-0.15, -0.1) is 11.3 Å². The molecule has 0 aliphatic carbocycles. The molecule has 6 heteroatoms. The van der Waals surface area contributed by atoms with Crippen molar-refractivity contribution in [2.75, 3.05) is 6.54 Å². The van der Waals surface area contributed by atoms with E-state index in [1.54, 1.807) is 6.92 Å². The molecule has 1 amide bonds. The molecule has 0 bridgehead atoms. The lowest BCUT2D eigenvalue weighted by molar-refractivity contribution is -0.141. The predicted molar refractivity (Wildman–Crippen MR) is 103 cm³/mol. The number of aliphatic carboxylic acids is 1. The summed E-state index contributed by atoms with van der Waals surface area (Å²) in [6.07, 6.45) is 0.359. The Morgan fingerprint density at radius 2 is 1.88 bits per heavy atom. The van der Waals surface area contributed by atoms with Crippen LogP contribution in [0.3, 0.4) is 0 Å². The number of hydrogen-bond donors (Lipinski definition) is 2. The monoisotopic (exact) mass is 368 g/mol. The number of carboxylic acids is 1. The Balaban J connectivity index is 1.74. The number of fused-ring (bicyclic) bond motifs is 1. The Morgan fingerprint density at radius 3 is 2.58 bits per heavy atom. The van der Waals surface area contributed by atoms with Crippen molar-refractivity contribution < 1.29 is 14.7 Å². The molecule has 1 atom stereocenters. The van der Waals surface area contributed by atoms with E-state index in [0.29, 0.717) is 17.0 Å². The summed E-state index contributed by atoms with van der Waals surface area (Å²) in [6.45, 7) is 3.70. The average molecular weight is 368 g/mol. The number of nitrogens with zero attached hydrogens (tertiary/aromatic N) is 1. The molecule has 5 nitrogen and oxygen atoms in total. The van der Waals surface area contributed by atoms with Crippen molar-refractivity contribution in [2.24, 2.45) is 5.92 Å². The molecule has 2 N–H and O–H groups in total. The lowest BCUT2D eigenvalue weighted by atomic mass is 9.95. The largest absolute Gasteiger partial charge is 0.481 e. The first kappa shape index (κ1) is 18.1. The van der Waals surface area contributed by atoms with Crippen molar-refractivity contribution in [3.05, 3.63) is 63.6 Å². The fourth-order valence-corrected chi connectivity index (χ4v) is 3.86. The molecule has 0 aliphatic heterocycles. The van der Waals surface area contributed by atoms with E-state index >= 15 is 0 Å². The van der Waals surface area contributed by atoms with Gasteiger partial charge in [-0.25, -0.2) is 4.98 Å². The van der Waals surface area contributed by atoms with Crippen molar-refractivity contribution in [2.45, 2.75) is 20.3 Å². The number of nitrogens with one attached hydrogen (secondary N) is 1. The Kier molecular flexibility index (Phi) is 5.32. The fourth-order valence-electron chi connectivity index (χ4n) is 3.02. The second-order valence-corrected chi connectivity index (χ2v) is 7.44. The SMILES string of the molecule is Cc1nc(C)c(C(=O)NCC(Cc2cccc3ccccc23)C(=O)O)s1. The number of carbonyl (C=O) groups excluding carboxylic acids is 1. The molecular formula is C20H20N2O3S. The van der Waals surface area contributed by atoms with Crippen molar-refractivity contribution >= 4 is 34.0 Å². The molecule has 0 radical (unpaired) electrons. The Labute approximate surface area is 155 Å². The lowest BCUT2D eigenvalue weighted by Gasteiger charge is -2.15. The van der Waals surface area contributed by atoms with Gasteiger partial charge < -0.3 is 10.4 Å². The number of amides is 1. The van der Waals surface area contributed by atoms with Gasteiger partial charge in [0.1, 0.15) is 4.88 Å². The maximum Gasteiger partial charge on any atom is 0.308 e. The van der Waals surface area contributed by atoms with Crippen molar-refractivity contribution in [1.29, 1.82) is 0 Å². The van der Waals surface area contributed by atoms with Gasteiger partial charge in [-0.2, -0.15) is 0 Å². The molecule has 0 aliphatic rings. The summed E-state index contributed by atoms with van der Waals surface area (Å²) in [5.41, 5.74) is 1.64. The second-order valence-electron chi connectivity index (χ2n) is 6.24. The topological polar surface area (TPSA) is 79.3 Å². The number of rotatable bonds is 6. The molecule has 0 saturated carbocycles. The number of thiazole rings is 1. The highest BCUT2D eigenvalue weighted by molar-refractivity contribution is 7.13. The average Bonchev–Trinajstić information content (AvgIpc) is 2.96. The maximum atomic E-state index is 12.3. The molecule has 3 rings (SSSR count). The smallest absolute Gasteiger partial charge is 0.308 e. The van der Waals surface area contributed by atoms with Gasteiger partial charge in [0.05, 0.1) is 16.6 Å². The van der Waals surface area contributed by atoms with Gasteiger partial charge in [-0.3, -0.25) is 9.59 Å². The molecule has 3 aromatic rings. The standard InChI is InChI=1S/C20H20N2O3S/c1-12-18(26-13(2)22-12)19(23)21-11-16(20(24)25)10-15-8-5-7-14-6-3-4-9-17(14)15/h3-9,16H,10-11H2,1-2H3,(H,21,23)(H,24,25). The van der Waals surface area contributed by atoms with E-state index < -0.39 is 11.9 Å². The summed E-state index contributed by atoms with van der Waals surface area (Å²) >= 11 is 1.32. The highest BCUT2D eigenvalue weighted by Crippen LogP contribution is 2.22. The molecule has 0 spiro atoms. The zero-order valence-corrected chi connectivity index (χ0v) is 15.5. The van der Waals surface area contributed by atoms with Crippen LogP contribution in [0.15, 0.2) is 42.5 Å². The normalized spacial score (nSPS) is 12.1. The van der Waals surface area contributed by atoms with Crippen molar-refractivity contribution in [3.63, 3.8) is 0 Å². The Hall–Kier alpha value is -2.73. The molecule has 134 valence electrons. The maximum absolute atomic E-state index is 12.3. The quantitative estimate of drug-likeness (QED) is 0.697. The summed E-state index contributed by atoms with van der Waals surface area (Å²) in [7, 11) is 0. The molecular weight excluding hydrogens is 348 g/mol. The molecule has 1 aromatic heterocycles. The van der Waals surface area contributed by atoms with Crippen LogP contribution in [0.1, 0.15) is 25.9 Å².